The summed E-state index contributed by atoms with van der Waals surface area (Å²) in [6, 6.07) is 6.23. The van der Waals surface area contributed by atoms with E-state index in [9.17, 15) is 31.9 Å². The number of urea groups is 1. The average molecular weight is 456 g/mol. The SMILES string of the molecule is O=C(Nc1cccc2c1CC(O)C2)NC1CC(CF)(CF)Oc2cc(C(F)(F)F)ccc21. The first kappa shape index (κ1) is 22.3. The Hall–Kier alpha value is -2.88. The van der Waals surface area contributed by atoms with Crippen LogP contribution in [0.1, 0.15) is 34.7 Å². The molecule has 0 bridgehead atoms. The molecule has 2 aliphatic rings. The Kier molecular flexibility index (Phi) is 5.74. The van der Waals surface area contributed by atoms with E-state index in [-0.39, 0.29) is 17.7 Å². The van der Waals surface area contributed by atoms with Crippen LogP contribution in [-0.4, -0.2) is 36.2 Å². The summed E-state index contributed by atoms with van der Waals surface area (Å²) in [5, 5.41) is 15.1. The minimum atomic E-state index is -4.66. The maximum Gasteiger partial charge on any atom is 0.416 e. The zero-order chi connectivity index (χ0) is 23.1. The lowest BCUT2D eigenvalue weighted by Crippen LogP contribution is -2.49. The molecule has 2 atom stereocenters. The van der Waals surface area contributed by atoms with Gasteiger partial charge >= 0.3 is 12.2 Å². The fourth-order valence-electron chi connectivity index (χ4n) is 4.23. The number of hydrogen-bond acceptors (Lipinski definition) is 3. The van der Waals surface area contributed by atoms with Gasteiger partial charge in [-0.05, 0) is 35.7 Å². The predicted molar refractivity (Wildman–Crippen MR) is 106 cm³/mol. The Labute approximate surface area is 180 Å². The smallest absolute Gasteiger partial charge is 0.416 e. The number of rotatable bonds is 4. The van der Waals surface area contributed by atoms with Gasteiger partial charge in [-0.2, -0.15) is 13.2 Å². The second kappa shape index (κ2) is 8.23. The van der Waals surface area contributed by atoms with Gasteiger partial charge in [-0.15, -0.1) is 0 Å². The summed E-state index contributed by atoms with van der Waals surface area (Å²) < 4.78 is 71.9. The lowest BCUT2D eigenvalue weighted by molar-refractivity contribution is -0.137. The molecular weight excluding hydrogens is 435 g/mol. The summed E-state index contributed by atoms with van der Waals surface area (Å²) in [4.78, 5) is 12.7. The third kappa shape index (κ3) is 4.23. The van der Waals surface area contributed by atoms with Gasteiger partial charge in [0, 0.05) is 24.1 Å². The summed E-state index contributed by atoms with van der Waals surface area (Å²) in [5.41, 5.74) is -0.642. The number of halogens is 5. The first-order valence-corrected chi connectivity index (χ1v) is 10.0. The molecule has 2 unspecified atom stereocenters. The molecule has 3 N–H and O–H groups in total. The van der Waals surface area contributed by atoms with Gasteiger partial charge in [-0.1, -0.05) is 18.2 Å². The molecule has 0 aromatic heterocycles. The van der Waals surface area contributed by atoms with Gasteiger partial charge in [0.05, 0.1) is 17.7 Å². The van der Waals surface area contributed by atoms with Crippen molar-refractivity contribution in [3.8, 4) is 5.75 Å². The van der Waals surface area contributed by atoms with Crippen LogP contribution >= 0.6 is 0 Å². The minimum Gasteiger partial charge on any atom is -0.481 e. The van der Waals surface area contributed by atoms with Gasteiger partial charge in [0.2, 0.25) is 0 Å². The van der Waals surface area contributed by atoms with Crippen LogP contribution in [0.4, 0.5) is 32.4 Å². The standard InChI is InChI=1S/C22H21F5N2O3/c23-10-21(11-24)9-18(15-5-4-13(22(25,26)27)7-19(15)32-21)29-20(31)28-17-3-1-2-12-6-14(30)8-16(12)17/h1-5,7,14,18,30H,6,8-11H2,(H2,28,29,31). The van der Waals surface area contributed by atoms with Crippen molar-refractivity contribution < 1.29 is 36.6 Å². The van der Waals surface area contributed by atoms with Gasteiger partial charge in [0.15, 0.2) is 5.60 Å². The molecule has 0 saturated heterocycles. The zero-order valence-electron chi connectivity index (χ0n) is 16.8. The van der Waals surface area contributed by atoms with Gasteiger partial charge < -0.3 is 20.5 Å². The van der Waals surface area contributed by atoms with E-state index in [1.165, 1.54) is 0 Å². The number of hydrogen-bond donors (Lipinski definition) is 3. The largest absolute Gasteiger partial charge is 0.481 e. The number of fused-ring (bicyclic) bond motifs is 2. The molecule has 0 fully saturated rings. The van der Waals surface area contributed by atoms with Crippen LogP contribution in [0.2, 0.25) is 0 Å². The molecule has 0 saturated carbocycles. The van der Waals surface area contributed by atoms with E-state index in [1.54, 1.807) is 12.1 Å². The van der Waals surface area contributed by atoms with Crippen LogP contribution < -0.4 is 15.4 Å². The van der Waals surface area contributed by atoms with Crippen molar-refractivity contribution in [3.63, 3.8) is 0 Å². The van der Waals surface area contributed by atoms with E-state index < -0.39 is 48.9 Å². The van der Waals surface area contributed by atoms with Gasteiger partial charge in [0.25, 0.3) is 0 Å². The highest BCUT2D eigenvalue weighted by atomic mass is 19.4. The van der Waals surface area contributed by atoms with E-state index >= 15 is 0 Å². The average Bonchev–Trinajstić information content (AvgIpc) is 3.13. The summed E-state index contributed by atoms with van der Waals surface area (Å²) in [6.07, 6.45) is -4.66. The lowest BCUT2D eigenvalue weighted by Gasteiger charge is -2.39. The third-order valence-electron chi connectivity index (χ3n) is 5.83. The van der Waals surface area contributed by atoms with E-state index in [1.807, 2.05) is 6.07 Å². The topological polar surface area (TPSA) is 70.6 Å². The number of anilines is 1. The van der Waals surface area contributed by atoms with Crippen LogP contribution in [0, 0.1) is 0 Å². The Bertz CT molecular complexity index is 1020. The zero-order valence-corrected chi connectivity index (χ0v) is 16.8. The second-order valence-electron chi connectivity index (χ2n) is 8.16. The number of aliphatic hydroxyl groups is 1. The van der Waals surface area contributed by atoms with Gasteiger partial charge in [-0.3, -0.25) is 0 Å². The predicted octanol–water partition coefficient (Wildman–Crippen LogP) is 4.49. The van der Waals surface area contributed by atoms with E-state index in [2.05, 4.69) is 10.6 Å². The summed E-state index contributed by atoms with van der Waals surface area (Å²) in [6.45, 7) is -2.55. The molecule has 2 aromatic carbocycles. The van der Waals surface area contributed by atoms with Crippen LogP contribution in [0.5, 0.6) is 5.75 Å². The van der Waals surface area contributed by atoms with E-state index in [0.29, 0.717) is 24.6 Å². The van der Waals surface area contributed by atoms with Crippen LogP contribution in [0.15, 0.2) is 36.4 Å². The first-order chi connectivity index (χ1) is 15.1. The van der Waals surface area contributed by atoms with Crippen LogP contribution in [0.3, 0.4) is 0 Å². The van der Waals surface area contributed by atoms with Crippen molar-refractivity contribution in [2.45, 2.75) is 43.2 Å². The number of nitrogens with one attached hydrogen (secondary N) is 2. The lowest BCUT2D eigenvalue weighted by atomic mass is 9.88. The molecule has 0 radical (unpaired) electrons. The fraction of sp³-hybridized carbons (Fsp3) is 0.409. The van der Waals surface area contributed by atoms with E-state index in [0.717, 1.165) is 23.3 Å². The molecule has 0 spiro atoms. The van der Waals surface area contributed by atoms with Crippen molar-refractivity contribution in [3.05, 3.63) is 58.7 Å². The van der Waals surface area contributed by atoms with Gasteiger partial charge in [0.1, 0.15) is 19.1 Å². The van der Waals surface area contributed by atoms with Crippen molar-refractivity contribution in [2.24, 2.45) is 0 Å². The first-order valence-electron chi connectivity index (χ1n) is 10.0. The van der Waals surface area contributed by atoms with Crippen molar-refractivity contribution in [1.29, 1.82) is 0 Å². The summed E-state index contributed by atoms with van der Waals surface area (Å²) >= 11 is 0. The number of ether oxygens (including phenoxy) is 1. The van der Waals surface area contributed by atoms with Crippen molar-refractivity contribution >= 4 is 11.7 Å². The fourth-order valence-corrected chi connectivity index (χ4v) is 4.23. The molecule has 172 valence electrons. The molecule has 10 heteroatoms. The summed E-state index contributed by atoms with van der Waals surface area (Å²) in [5.74, 6) is -0.324. The van der Waals surface area contributed by atoms with Crippen LogP contribution in [0.25, 0.3) is 0 Å². The number of carbonyl (C=O) groups excluding carboxylic acids is 1. The second-order valence-corrected chi connectivity index (χ2v) is 8.16. The number of aliphatic hydroxyl groups excluding tert-OH is 1. The molecule has 1 aliphatic carbocycles. The Morgan fingerprint density at radius 3 is 2.59 bits per heavy atom. The van der Waals surface area contributed by atoms with Crippen molar-refractivity contribution in [2.75, 3.05) is 18.7 Å². The van der Waals surface area contributed by atoms with Gasteiger partial charge in [-0.25, -0.2) is 13.6 Å². The third-order valence-corrected chi connectivity index (χ3v) is 5.83. The number of benzene rings is 2. The molecule has 1 heterocycles. The quantitative estimate of drug-likeness (QED) is 0.594. The van der Waals surface area contributed by atoms with Crippen LogP contribution in [-0.2, 0) is 19.0 Å². The Morgan fingerprint density at radius 1 is 1.16 bits per heavy atom. The maximum atomic E-state index is 13.7. The summed E-state index contributed by atoms with van der Waals surface area (Å²) in [7, 11) is 0. The number of alkyl halides is 5. The molecule has 4 rings (SSSR count). The normalized spacial score (nSPS) is 21.3. The molecular formula is C22H21F5N2O3. The molecule has 5 nitrogen and oxygen atoms in total. The van der Waals surface area contributed by atoms with Crippen molar-refractivity contribution in [1.82, 2.24) is 5.32 Å². The van der Waals surface area contributed by atoms with E-state index in [4.69, 9.17) is 4.74 Å². The highest BCUT2D eigenvalue weighted by Gasteiger charge is 2.43. The number of carbonyl (C=O) groups is 1. The maximum absolute atomic E-state index is 13.7. The molecule has 2 amide bonds. The monoisotopic (exact) mass is 456 g/mol. The Balaban J connectivity index is 1.59. The molecule has 2 aromatic rings. The Morgan fingerprint density at radius 2 is 1.91 bits per heavy atom. The minimum absolute atomic E-state index is 0.194. The molecule has 1 aliphatic heterocycles. The number of amides is 2. The molecule has 32 heavy (non-hydrogen) atoms. The highest BCUT2D eigenvalue weighted by Crippen LogP contribution is 2.43. The highest BCUT2D eigenvalue weighted by molar-refractivity contribution is 5.91.